The molecule has 1 saturated carbocycles. The van der Waals surface area contributed by atoms with Gasteiger partial charge in [0.1, 0.15) is 0 Å². The van der Waals surface area contributed by atoms with E-state index >= 15 is 0 Å². The van der Waals surface area contributed by atoms with Crippen molar-refractivity contribution in [3.63, 3.8) is 0 Å². The zero-order valence-corrected chi connectivity index (χ0v) is 6.68. The molecule has 2 aliphatic rings. The predicted molar refractivity (Wildman–Crippen MR) is 40.9 cm³/mol. The minimum Gasteiger partial charge on any atom is -0.369 e. The Bertz CT molecular complexity index is 120. The van der Waals surface area contributed by atoms with Crippen LogP contribution >= 0.6 is 0 Å². The zero-order valence-electron chi connectivity index (χ0n) is 6.68. The fourth-order valence-electron chi connectivity index (χ4n) is 2.23. The Balaban J connectivity index is 1.84. The molecule has 0 amide bonds. The molecule has 1 heterocycles. The summed E-state index contributed by atoms with van der Waals surface area (Å²) in [7, 11) is 0. The van der Waals surface area contributed by atoms with Crippen molar-refractivity contribution in [3.05, 3.63) is 0 Å². The quantitative estimate of drug-likeness (QED) is 0.536. The summed E-state index contributed by atoms with van der Waals surface area (Å²) in [5.74, 6) is 0.920. The monoisotopic (exact) mass is 140 g/mol. The van der Waals surface area contributed by atoms with Crippen LogP contribution in [0.1, 0.15) is 39.0 Å². The molecule has 1 heteroatoms. The molecular formula is C9H16O. The maximum atomic E-state index is 5.54. The second-order valence-corrected chi connectivity index (χ2v) is 3.62. The fraction of sp³-hybridized carbons (Fsp3) is 1.00. The van der Waals surface area contributed by atoms with Crippen LogP contribution in [0.25, 0.3) is 0 Å². The fourth-order valence-corrected chi connectivity index (χ4v) is 2.23. The van der Waals surface area contributed by atoms with Crippen molar-refractivity contribution < 1.29 is 4.74 Å². The first-order valence-electron chi connectivity index (χ1n) is 4.57. The molecule has 0 aromatic heterocycles. The summed E-state index contributed by atoms with van der Waals surface area (Å²) in [5, 5.41) is 0. The van der Waals surface area contributed by atoms with E-state index in [0.717, 1.165) is 5.92 Å². The highest BCUT2D eigenvalue weighted by Gasteiger charge is 2.46. The van der Waals surface area contributed by atoms with Gasteiger partial charge in [-0.1, -0.05) is 19.8 Å². The van der Waals surface area contributed by atoms with Crippen molar-refractivity contribution in [2.75, 3.05) is 0 Å². The first kappa shape index (κ1) is 6.66. The molecule has 0 radical (unpaired) electrons. The minimum absolute atomic E-state index is 0.685. The van der Waals surface area contributed by atoms with E-state index in [1.807, 2.05) is 0 Å². The summed E-state index contributed by atoms with van der Waals surface area (Å²) in [5.41, 5.74) is 0. The SMILES string of the molecule is CCCC1CCCC2OC12. The second-order valence-electron chi connectivity index (χ2n) is 3.62. The lowest BCUT2D eigenvalue weighted by atomic mass is 9.86. The van der Waals surface area contributed by atoms with Gasteiger partial charge in [0.05, 0.1) is 12.2 Å². The van der Waals surface area contributed by atoms with E-state index in [1.165, 1.54) is 32.1 Å². The predicted octanol–water partition coefficient (Wildman–Crippen LogP) is 2.35. The van der Waals surface area contributed by atoms with E-state index in [4.69, 9.17) is 4.74 Å². The molecule has 1 nitrogen and oxygen atoms in total. The van der Waals surface area contributed by atoms with E-state index < -0.39 is 0 Å². The molecule has 10 heavy (non-hydrogen) atoms. The van der Waals surface area contributed by atoms with Crippen LogP contribution in [0.4, 0.5) is 0 Å². The van der Waals surface area contributed by atoms with Gasteiger partial charge in [-0.05, 0) is 25.2 Å². The third-order valence-electron chi connectivity index (χ3n) is 2.81. The highest BCUT2D eigenvalue weighted by molar-refractivity contribution is 4.93. The van der Waals surface area contributed by atoms with Gasteiger partial charge in [-0.15, -0.1) is 0 Å². The Hall–Kier alpha value is -0.0400. The van der Waals surface area contributed by atoms with Gasteiger partial charge in [0.25, 0.3) is 0 Å². The van der Waals surface area contributed by atoms with Gasteiger partial charge in [0, 0.05) is 0 Å². The van der Waals surface area contributed by atoms with Crippen LogP contribution in [0, 0.1) is 5.92 Å². The molecule has 1 aliphatic carbocycles. The smallest absolute Gasteiger partial charge is 0.0869 e. The van der Waals surface area contributed by atoms with Crippen LogP contribution in [0.2, 0.25) is 0 Å². The summed E-state index contributed by atoms with van der Waals surface area (Å²) in [6.45, 7) is 2.27. The van der Waals surface area contributed by atoms with Gasteiger partial charge in [-0.2, -0.15) is 0 Å². The molecule has 3 atom stereocenters. The van der Waals surface area contributed by atoms with Crippen LogP contribution in [-0.2, 0) is 4.74 Å². The normalized spacial score (nSPS) is 44.7. The topological polar surface area (TPSA) is 12.5 Å². The maximum absolute atomic E-state index is 5.54. The van der Waals surface area contributed by atoms with E-state index in [1.54, 1.807) is 0 Å². The molecule has 3 unspecified atom stereocenters. The van der Waals surface area contributed by atoms with Gasteiger partial charge in [-0.25, -0.2) is 0 Å². The van der Waals surface area contributed by atoms with Crippen molar-refractivity contribution in [2.24, 2.45) is 5.92 Å². The van der Waals surface area contributed by atoms with Crippen LogP contribution in [0.3, 0.4) is 0 Å². The van der Waals surface area contributed by atoms with E-state index in [-0.39, 0.29) is 0 Å². The van der Waals surface area contributed by atoms with Gasteiger partial charge in [0.2, 0.25) is 0 Å². The number of rotatable bonds is 2. The number of epoxide rings is 1. The largest absolute Gasteiger partial charge is 0.369 e. The lowest BCUT2D eigenvalue weighted by Crippen LogP contribution is -2.15. The zero-order chi connectivity index (χ0) is 6.97. The second kappa shape index (κ2) is 2.54. The third-order valence-corrected chi connectivity index (χ3v) is 2.81. The van der Waals surface area contributed by atoms with Gasteiger partial charge >= 0.3 is 0 Å². The van der Waals surface area contributed by atoms with Crippen LogP contribution in [0.5, 0.6) is 0 Å². The maximum Gasteiger partial charge on any atom is 0.0869 e. The van der Waals surface area contributed by atoms with Crippen LogP contribution in [-0.4, -0.2) is 12.2 Å². The highest BCUT2D eigenvalue weighted by atomic mass is 16.6. The molecule has 1 aliphatic heterocycles. The first-order chi connectivity index (χ1) is 4.92. The molecule has 58 valence electrons. The summed E-state index contributed by atoms with van der Waals surface area (Å²) < 4.78 is 5.54. The highest BCUT2D eigenvalue weighted by Crippen LogP contribution is 2.42. The lowest BCUT2D eigenvalue weighted by molar-refractivity contribution is 0.307. The van der Waals surface area contributed by atoms with Crippen molar-refractivity contribution in [2.45, 2.75) is 51.2 Å². The van der Waals surface area contributed by atoms with Crippen molar-refractivity contribution >= 4 is 0 Å². The molecule has 1 saturated heterocycles. The van der Waals surface area contributed by atoms with E-state index in [9.17, 15) is 0 Å². The molecular weight excluding hydrogens is 124 g/mol. The Morgan fingerprint density at radius 3 is 3.10 bits per heavy atom. The molecule has 0 N–H and O–H groups in total. The first-order valence-corrected chi connectivity index (χ1v) is 4.57. The number of hydrogen-bond acceptors (Lipinski definition) is 1. The van der Waals surface area contributed by atoms with Crippen molar-refractivity contribution in [1.29, 1.82) is 0 Å². The number of hydrogen-bond donors (Lipinski definition) is 0. The molecule has 0 spiro atoms. The number of fused-ring (bicyclic) bond motifs is 1. The molecule has 2 rings (SSSR count). The summed E-state index contributed by atoms with van der Waals surface area (Å²) >= 11 is 0. The molecule has 0 aromatic rings. The third kappa shape index (κ3) is 1.07. The Kier molecular flexibility index (Phi) is 1.69. The van der Waals surface area contributed by atoms with E-state index in [2.05, 4.69) is 6.92 Å². The van der Waals surface area contributed by atoms with Gasteiger partial charge in [-0.3, -0.25) is 0 Å². The number of ether oxygens (including phenoxy) is 1. The van der Waals surface area contributed by atoms with Gasteiger partial charge in [0.15, 0.2) is 0 Å². The molecule has 0 bridgehead atoms. The molecule has 2 fully saturated rings. The van der Waals surface area contributed by atoms with Crippen LogP contribution < -0.4 is 0 Å². The lowest BCUT2D eigenvalue weighted by Gasteiger charge is -2.16. The van der Waals surface area contributed by atoms with Crippen molar-refractivity contribution in [1.82, 2.24) is 0 Å². The Labute approximate surface area is 62.8 Å². The van der Waals surface area contributed by atoms with Crippen LogP contribution in [0.15, 0.2) is 0 Å². The standard InChI is InChI=1S/C9H16O/c1-2-4-7-5-3-6-8-9(7)10-8/h7-9H,2-6H2,1H3. The average Bonchev–Trinajstić information content (AvgIpc) is 2.67. The summed E-state index contributed by atoms with van der Waals surface area (Å²) in [6.07, 6.45) is 8.27. The van der Waals surface area contributed by atoms with E-state index in [0.29, 0.717) is 12.2 Å². The van der Waals surface area contributed by atoms with Crippen molar-refractivity contribution in [3.8, 4) is 0 Å². The Morgan fingerprint density at radius 1 is 1.40 bits per heavy atom. The summed E-state index contributed by atoms with van der Waals surface area (Å²) in [6, 6.07) is 0. The Morgan fingerprint density at radius 2 is 2.30 bits per heavy atom. The van der Waals surface area contributed by atoms with Gasteiger partial charge < -0.3 is 4.74 Å². The molecule has 0 aromatic carbocycles. The minimum atomic E-state index is 0.685. The average molecular weight is 140 g/mol. The summed E-state index contributed by atoms with van der Waals surface area (Å²) in [4.78, 5) is 0.